The van der Waals surface area contributed by atoms with E-state index in [0.717, 1.165) is 16.4 Å². The summed E-state index contributed by atoms with van der Waals surface area (Å²) in [5.74, 6) is 1.11. The first-order valence-electron chi connectivity index (χ1n) is 10.6. The lowest BCUT2D eigenvalue weighted by atomic mass is 10.0. The lowest BCUT2D eigenvalue weighted by Gasteiger charge is -2.17. The van der Waals surface area contributed by atoms with E-state index in [-0.39, 0.29) is 11.4 Å². The Balaban J connectivity index is 1.83. The predicted octanol–water partition coefficient (Wildman–Crippen LogP) is 4.78. The molecule has 0 bridgehead atoms. The van der Waals surface area contributed by atoms with Crippen LogP contribution in [0.15, 0.2) is 54.7 Å². The Morgan fingerprint density at radius 1 is 1.03 bits per heavy atom. The summed E-state index contributed by atoms with van der Waals surface area (Å²) < 4.78 is 74.9. The fourth-order valence-electron chi connectivity index (χ4n) is 3.42. The van der Waals surface area contributed by atoms with E-state index < -0.39 is 21.9 Å². The van der Waals surface area contributed by atoms with Crippen LogP contribution >= 0.6 is 0 Å². The minimum Gasteiger partial charge on any atom is -0.457 e. The van der Waals surface area contributed by atoms with Gasteiger partial charge in [-0.05, 0) is 55.5 Å². The molecule has 0 atom stereocenters. The highest BCUT2D eigenvalue weighted by Gasteiger charge is 2.30. The molecule has 0 saturated heterocycles. The molecule has 0 fully saturated rings. The van der Waals surface area contributed by atoms with Crippen LogP contribution in [0.1, 0.15) is 11.4 Å². The maximum Gasteiger partial charge on any atom is 0.416 e. The van der Waals surface area contributed by atoms with Gasteiger partial charge in [0.25, 0.3) is 0 Å². The van der Waals surface area contributed by atoms with Crippen LogP contribution in [-0.4, -0.2) is 48.5 Å². The Kier molecular flexibility index (Phi) is 6.54. The fourth-order valence-corrected chi connectivity index (χ4v) is 4.03. The molecule has 0 spiro atoms. The van der Waals surface area contributed by atoms with E-state index in [2.05, 4.69) is 20.2 Å². The number of pyridine rings is 1. The van der Waals surface area contributed by atoms with Gasteiger partial charge in [0.2, 0.25) is 0 Å². The van der Waals surface area contributed by atoms with Crippen molar-refractivity contribution in [3.05, 3.63) is 66.1 Å². The molecule has 0 radical (unpaired) electrons. The van der Waals surface area contributed by atoms with Crippen LogP contribution in [0, 0.1) is 6.92 Å². The SMILES string of the molecule is CNc1cc(-c2cc(NS(=O)(=O)N(C)C)ccc2Oc2ccc(C(F)(F)F)cc2)cn2c(C)nnc12. The minimum atomic E-state index is -4.47. The van der Waals surface area contributed by atoms with Gasteiger partial charge in [-0.15, -0.1) is 10.2 Å². The monoisotopic (exact) mass is 520 g/mol. The normalized spacial score (nSPS) is 12.2. The van der Waals surface area contributed by atoms with Crippen LogP contribution in [0.3, 0.4) is 0 Å². The summed E-state index contributed by atoms with van der Waals surface area (Å²) in [5, 5.41) is 11.3. The van der Waals surface area contributed by atoms with Gasteiger partial charge in [-0.1, -0.05) is 0 Å². The third-order valence-electron chi connectivity index (χ3n) is 5.37. The van der Waals surface area contributed by atoms with Crippen molar-refractivity contribution in [1.29, 1.82) is 0 Å². The van der Waals surface area contributed by atoms with Gasteiger partial charge in [0.1, 0.15) is 17.3 Å². The highest BCUT2D eigenvalue weighted by atomic mass is 32.2. The van der Waals surface area contributed by atoms with E-state index in [1.807, 2.05) is 0 Å². The van der Waals surface area contributed by atoms with Crippen molar-refractivity contribution in [2.75, 3.05) is 31.2 Å². The van der Waals surface area contributed by atoms with E-state index in [9.17, 15) is 21.6 Å². The first kappa shape index (κ1) is 25.3. The smallest absolute Gasteiger partial charge is 0.416 e. The largest absolute Gasteiger partial charge is 0.457 e. The Bertz CT molecular complexity index is 1520. The second-order valence-corrected chi connectivity index (χ2v) is 9.94. The Morgan fingerprint density at radius 3 is 2.33 bits per heavy atom. The van der Waals surface area contributed by atoms with Crippen LogP contribution in [0.5, 0.6) is 11.5 Å². The van der Waals surface area contributed by atoms with Crippen LogP contribution in [0.2, 0.25) is 0 Å². The first-order chi connectivity index (χ1) is 16.9. The number of halogens is 3. The Morgan fingerprint density at radius 2 is 1.72 bits per heavy atom. The van der Waals surface area contributed by atoms with Crippen molar-refractivity contribution in [2.45, 2.75) is 13.1 Å². The van der Waals surface area contributed by atoms with Gasteiger partial charge < -0.3 is 10.1 Å². The molecule has 0 unspecified atom stereocenters. The molecule has 13 heteroatoms. The van der Waals surface area contributed by atoms with Gasteiger partial charge >= 0.3 is 16.4 Å². The molecule has 0 amide bonds. The third kappa shape index (κ3) is 5.06. The van der Waals surface area contributed by atoms with E-state index in [1.165, 1.54) is 32.3 Å². The fraction of sp³-hybridized carbons (Fsp3) is 0.217. The predicted molar refractivity (Wildman–Crippen MR) is 130 cm³/mol. The van der Waals surface area contributed by atoms with Crippen LogP contribution in [-0.2, 0) is 16.4 Å². The van der Waals surface area contributed by atoms with Crippen LogP contribution in [0.25, 0.3) is 16.8 Å². The molecule has 36 heavy (non-hydrogen) atoms. The third-order valence-corrected chi connectivity index (χ3v) is 6.83. The zero-order valence-electron chi connectivity index (χ0n) is 19.8. The van der Waals surface area contributed by atoms with Gasteiger partial charge in [-0.25, -0.2) is 0 Å². The number of aryl methyl sites for hydroxylation is 1. The quantitative estimate of drug-likeness (QED) is 0.364. The van der Waals surface area contributed by atoms with E-state index in [0.29, 0.717) is 34.0 Å². The average Bonchev–Trinajstić information content (AvgIpc) is 3.19. The maximum atomic E-state index is 13.0. The number of ether oxygens (including phenoxy) is 1. The summed E-state index contributed by atoms with van der Waals surface area (Å²) in [6, 6.07) is 10.7. The Labute approximate surface area is 205 Å². The Hall–Kier alpha value is -3.84. The topological polar surface area (TPSA) is 101 Å². The zero-order chi connectivity index (χ0) is 26.3. The highest BCUT2D eigenvalue weighted by molar-refractivity contribution is 7.90. The van der Waals surface area contributed by atoms with Gasteiger partial charge in [-0.3, -0.25) is 9.12 Å². The van der Waals surface area contributed by atoms with Crippen molar-refractivity contribution in [1.82, 2.24) is 18.9 Å². The van der Waals surface area contributed by atoms with Crippen LogP contribution in [0.4, 0.5) is 24.5 Å². The van der Waals surface area contributed by atoms with E-state index in [4.69, 9.17) is 4.74 Å². The van der Waals surface area contributed by atoms with Crippen molar-refractivity contribution < 1.29 is 26.3 Å². The molecule has 4 aromatic rings. The average molecular weight is 521 g/mol. The molecule has 0 aliphatic carbocycles. The number of aromatic nitrogens is 3. The second-order valence-electron chi connectivity index (χ2n) is 8.06. The number of alkyl halides is 3. The molecular formula is C23H23F3N6O3S. The number of nitrogens with zero attached hydrogens (tertiary/aromatic N) is 4. The molecule has 0 aliphatic rings. The number of nitrogens with one attached hydrogen (secondary N) is 2. The summed E-state index contributed by atoms with van der Waals surface area (Å²) >= 11 is 0. The van der Waals surface area contributed by atoms with Crippen LogP contribution < -0.4 is 14.8 Å². The van der Waals surface area contributed by atoms with Gasteiger partial charge in [0.15, 0.2) is 5.65 Å². The number of hydrogen-bond donors (Lipinski definition) is 2. The zero-order valence-corrected chi connectivity index (χ0v) is 20.6. The van der Waals surface area contributed by atoms with E-state index in [1.54, 1.807) is 42.8 Å². The molecular weight excluding hydrogens is 497 g/mol. The molecule has 2 aromatic heterocycles. The van der Waals surface area contributed by atoms with Gasteiger partial charge in [-0.2, -0.15) is 25.9 Å². The summed E-state index contributed by atoms with van der Waals surface area (Å²) in [6.07, 6.45) is -2.70. The highest BCUT2D eigenvalue weighted by Crippen LogP contribution is 2.38. The molecule has 0 aliphatic heterocycles. The summed E-state index contributed by atoms with van der Waals surface area (Å²) in [4.78, 5) is 0. The minimum absolute atomic E-state index is 0.182. The molecule has 2 aromatic carbocycles. The summed E-state index contributed by atoms with van der Waals surface area (Å²) in [7, 11) is 0.731. The summed E-state index contributed by atoms with van der Waals surface area (Å²) in [5.41, 5.74) is 1.84. The van der Waals surface area contributed by atoms with Crippen molar-refractivity contribution in [2.24, 2.45) is 0 Å². The first-order valence-corrected chi connectivity index (χ1v) is 12.1. The molecule has 2 heterocycles. The molecule has 2 N–H and O–H groups in total. The molecule has 0 saturated carbocycles. The van der Waals surface area contributed by atoms with Crippen molar-refractivity contribution in [3.63, 3.8) is 0 Å². The van der Waals surface area contributed by atoms with Gasteiger partial charge in [0.05, 0.1) is 16.9 Å². The molecule has 4 rings (SSSR count). The number of benzene rings is 2. The number of rotatable bonds is 7. The molecule has 190 valence electrons. The lowest BCUT2D eigenvalue weighted by molar-refractivity contribution is -0.137. The number of anilines is 2. The number of hydrogen-bond acceptors (Lipinski definition) is 6. The standard InChI is InChI=1S/C23H23F3N6O3S/c1-14-28-29-22-20(27-2)11-15(13-32(14)22)19-12-17(30-36(33,34)31(3)4)7-10-21(19)35-18-8-5-16(6-9-18)23(24,25)26/h5-13,27,30H,1-4H3. The van der Waals surface area contributed by atoms with E-state index >= 15 is 0 Å². The second kappa shape index (κ2) is 9.32. The maximum absolute atomic E-state index is 13.0. The van der Waals surface area contributed by atoms with Crippen molar-refractivity contribution in [3.8, 4) is 22.6 Å². The lowest BCUT2D eigenvalue weighted by Crippen LogP contribution is -2.28. The number of fused-ring (bicyclic) bond motifs is 1. The summed E-state index contributed by atoms with van der Waals surface area (Å²) in [6.45, 7) is 1.78. The molecule has 9 nitrogen and oxygen atoms in total. The van der Waals surface area contributed by atoms with Crippen molar-refractivity contribution >= 4 is 27.2 Å². The van der Waals surface area contributed by atoms with Gasteiger partial charge in [0, 0.05) is 38.5 Å².